The maximum absolute atomic E-state index is 12.4. The van der Waals surface area contributed by atoms with Crippen molar-refractivity contribution in [1.82, 2.24) is 14.1 Å². The lowest BCUT2D eigenvalue weighted by atomic mass is 10.2. The summed E-state index contributed by atoms with van der Waals surface area (Å²) in [5, 5.41) is 12.2. The highest BCUT2D eigenvalue weighted by molar-refractivity contribution is 6.04. The summed E-state index contributed by atoms with van der Waals surface area (Å²) in [5.41, 5.74) is 0.120. The zero-order chi connectivity index (χ0) is 20.8. The SMILES string of the molecule is CO.Cn1cc(NC(=O)OC(C)(C)C)cc1C(=O)Nc1cn(C)c(C=O)n1. The third-order valence-corrected chi connectivity index (χ3v) is 3.14. The zero-order valence-corrected chi connectivity index (χ0v) is 16.2. The Bertz CT molecular complexity index is 816. The molecule has 0 radical (unpaired) electrons. The molecule has 2 heterocycles. The molecule has 0 aromatic carbocycles. The van der Waals surface area contributed by atoms with Crippen molar-refractivity contribution < 1.29 is 24.2 Å². The molecule has 0 unspecified atom stereocenters. The minimum Gasteiger partial charge on any atom is -0.444 e. The van der Waals surface area contributed by atoms with Crippen molar-refractivity contribution in [1.29, 1.82) is 0 Å². The highest BCUT2D eigenvalue weighted by atomic mass is 16.6. The van der Waals surface area contributed by atoms with Gasteiger partial charge in [-0.2, -0.15) is 0 Å². The summed E-state index contributed by atoms with van der Waals surface area (Å²) in [6, 6.07) is 1.52. The number of nitrogens with zero attached hydrogens (tertiary/aromatic N) is 3. The van der Waals surface area contributed by atoms with Gasteiger partial charge in [-0.1, -0.05) is 0 Å². The molecule has 0 aliphatic heterocycles. The number of anilines is 2. The molecule has 2 aromatic rings. The number of aldehydes is 1. The van der Waals surface area contributed by atoms with Crippen molar-refractivity contribution >= 4 is 29.8 Å². The second-order valence-electron chi connectivity index (χ2n) is 6.52. The van der Waals surface area contributed by atoms with E-state index in [-0.39, 0.29) is 11.6 Å². The van der Waals surface area contributed by atoms with E-state index in [1.807, 2.05) is 0 Å². The predicted octanol–water partition coefficient (Wildman–Crippen LogP) is 1.78. The van der Waals surface area contributed by atoms with E-state index in [1.165, 1.54) is 16.8 Å². The fraction of sp³-hybridized carbons (Fsp3) is 0.412. The number of aryl methyl sites for hydroxylation is 2. The standard InChI is InChI=1S/C16H21N5O4.CH4O/c1-16(2,3)25-15(24)17-10-6-11(20(4)7-10)14(23)19-12-8-21(5)13(9-22)18-12;1-2/h6-9H,1-5H3,(H,17,24)(H,19,23);2H,1H3. The minimum absolute atomic E-state index is 0.203. The molecule has 0 fully saturated rings. The van der Waals surface area contributed by atoms with Crippen molar-refractivity contribution in [3.8, 4) is 0 Å². The van der Waals surface area contributed by atoms with Crippen molar-refractivity contribution in [2.75, 3.05) is 17.7 Å². The average molecular weight is 379 g/mol. The molecule has 0 atom stereocenters. The molecule has 3 N–H and O–H groups in total. The molecule has 148 valence electrons. The van der Waals surface area contributed by atoms with Crippen molar-refractivity contribution in [2.24, 2.45) is 14.1 Å². The van der Waals surface area contributed by atoms with Crippen LogP contribution in [0.1, 0.15) is 41.9 Å². The molecule has 2 amide bonds. The molecule has 0 saturated carbocycles. The van der Waals surface area contributed by atoms with Gasteiger partial charge in [0.1, 0.15) is 11.3 Å². The Morgan fingerprint density at radius 2 is 1.78 bits per heavy atom. The van der Waals surface area contributed by atoms with Gasteiger partial charge in [-0.25, -0.2) is 9.78 Å². The molecule has 0 spiro atoms. The van der Waals surface area contributed by atoms with Crippen LogP contribution in [0.25, 0.3) is 0 Å². The Morgan fingerprint density at radius 3 is 2.30 bits per heavy atom. The summed E-state index contributed by atoms with van der Waals surface area (Å²) in [4.78, 5) is 38.9. The van der Waals surface area contributed by atoms with E-state index in [0.29, 0.717) is 17.7 Å². The molecule has 0 aliphatic carbocycles. The molecule has 2 aromatic heterocycles. The molecule has 0 saturated heterocycles. The van der Waals surface area contributed by atoms with E-state index < -0.39 is 17.6 Å². The minimum atomic E-state index is -0.617. The molecule has 2 rings (SSSR count). The lowest BCUT2D eigenvalue weighted by Gasteiger charge is -2.19. The normalized spacial score (nSPS) is 10.5. The first-order chi connectivity index (χ1) is 12.6. The molecule has 10 heteroatoms. The third-order valence-electron chi connectivity index (χ3n) is 3.14. The van der Waals surface area contributed by atoms with Crippen molar-refractivity contribution in [2.45, 2.75) is 26.4 Å². The summed E-state index contributed by atoms with van der Waals surface area (Å²) < 4.78 is 8.23. The fourth-order valence-electron chi connectivity index (χ4n) is 2.11. The maximum Gasteiger partial charge on any atom is 0.412 e. The van der Waals surface area contributed by atoms with Gasteiger partial charge in [-0.3, -0.25) is 14.9 Å². The van der Waals surface area contributed by atoms with Crippen LogP contribution in [-0.4, -0.2) is 50.2 Å². The van der Waals surface area contributed by atoms with E-state index in [1.54, 1.807) is 45.6 Å². The molecule has 0 bridgehead atoms. The molecular formula is C17H25N5O5. The number of aliphatic hydroxyl groups is 1. The van der Waals surface area contributed by atoms with Gasteiger partial charge >= 0.3 is 6.09 Å². The summed E-state index contributed by atoms with van der Waals surface area (Å²) >= 11 is 0. The highest BCUT2D eigenvalue weighted by Crippen LogP contribution is 2.16. The van der Waals surface area contributed by atoms with E-state index in [9.17, 15) is 14.4 Å². The van der Waals surface area contributed by atoms with Gasteiger partial charge in [0, 0.05) is 33.6 Å². The lowest BCUT2D eigenvalue weighted by Crippen LogP contribution is -2.27. The first kappa shape index (κ1) is 21.9. The van der Waals surface area contributed by atoms with Crippen LogP contribution in [0.3, 0.4) is 0 Å². The van der Waals surface area contributed by atoms with Crippen LogP contribution in [0.4, 0.5) is 16.3 Å². The van der Waals surface area contributed by atoms with Crippen LogP contribution in [0.5, 0.6) is 0 Å². The van der Waals surface area contributed by atoms with Crippen LogP contribution < -0.4 is 10.6 Å². The Balaban J connectivity index is 0.00000176. The van der Waals surface area contributed by atoms with Gasteiger partial charge in [0.05, 0.1) is 5.69 Å². The fourth-order valence-corrected chi connectivity index (χ4v) is 2.11. The van der Waals surface area contributed by atoms with Gasteiger partial charge in [-0.05, 0) is 26.8 Å². The second kappa shape index (κ2) is 8.99. The molecule has 10 nitrogen and oxygen atoms in total. The summed E-state index contributed by atoms with van der Waals surface area (Å²) in [7, 11) is 4.32. The largest absolute Gasteiger partial charge is 0.444 e. The van der Waals surface area contributed by atoms with E-state index in [0.717, 1.165) is 7.11 Å². The Morgan fingerprint density at radius 1 is 1.15 bits per heavy atom. The van der Waals surface area contributed by atoms with Crippen LogP contribution >= 0.6 is 0 Å². The Hall–Kier alpha value is -3.14. The maximum atomic E-state index is 12.4. The second-order valence-corrected chi connectivity index (χ2v) is 6.52. The quantitative estimate of drug-likeness (QED) is 0.695. The number of rotatable bonds is 4. The van der Waals surface area contributed by atoms with Gasteiger partial charge in [0.15, 0.2) is 17.9 Å². The van der Waals surface area contributed by atoms with Gasteiger partial charge in [-0.15, -0.1) is 0 Å². The van der Waals surface area contributed by atoms with E-state index in [4.69, 9.17) is 9.84 Å². The Labute approximate surface area is 157 Å². The van der Waals surface area contributed by atoms with Gasteiger partial charge < -0.3 is 24.3 Å². The number of amides is 2. The molecule has 27 heavy (non-hydrogen) atoms. The molecular weight excluding hydrogens is 354 g/mol. The number of aromatic nitrogens is 3. The molecule has 0 aliphatic rings. The Kier molecular flexibility index (Phi) is 7.29. The summed E-state index contributed by atoms with van der Waals surface area (Å²) in [6.07, 6.45) is 3.12. The number of carbonyl (C=O) groups excluding carboxylic acids is 3. The zero-order valence-electron chi connectivity index (χ0n) is 16.2. The van der Waals surface area contributed by atoms with Crippen LogP contribution in [0.15, 0.2) is 18.5 Å². The number of aliphatic hydroxyl groups excluding tert-OH is 1. The van der Waals surface area contributed by atoms with Crippen LogP contribution in [-0.2, 0) is 18.8 Å². The first-order valence-corrected chi connectivity index (χ1v) is 8.00. The number of hydrogen-bond donors (Lipinski definition) is 3. The first-order valence-electron chi connectivity index (χ1n) is 8.00. The number of ether oxygens (including phenoxy) is 1. The van der Waals surface area contributed by atoms with E-state index >= 15 is 0 Å². The summed E-state index contributed by atoms with van der Waals surface area (Å²) in [6.45, 7) is 5.28. The average Bonchev–Trinajstić information content (AvgIpc) is 3.09. The van der Waals surface area contributed by atoms with Gasteiger partial charge in [0.2, 0.25) is 0 Å². The number of imidazole rings is 1. The number of nitrogens with one attached hydrogen (secondary N) is 2. The third kappa shape index (κ3) is 6.26. The summed E-state index contributed by atoms with van der Waals surface area (Å²) in [5.74, 6) is 0.0437. The smallest absolute Gasteiger partial charge is 0.412 e. The number of hydrogen-bond acceptors (Lipinski definition) is 6. The van der Waals surface area contributed by atoms with Crippen molar-refractivity contribution in [3.05, 3.63) is 30.0 Å². The van der Waals surface area contributed by atoms with Crippen molar-refractivity contribution in [3.63, 3.8) is 0 Å². The lowest BCUT2D eigenvalue weighted by molar-refractivity contribution is 0.0635. The topological polar surface area (TPSA) is 127 Å². The van der Waals surface area contributed by atoms with Gasteiger partial charge in [0.25, 0.3) is 5.91 Å². The monoisotopic (exact) mass is 379 g/mol. The van der Waals surface area contributed by atoms with E-state index in [2.05, 4.69) is 15.6 Å². The van der Waals surface area contributed by atoms with Crippen LogP contribution in [0, 0.1) is 0 Å². The van der Waals surface area contributed by atoms with Crippen LogP contribution in [0.2, 0.25) is 0 Å². The number of carbonyl (C=O) groups is 3. The highest BCUT2D eigenvalue weighted by Gasteiger charge is 2.19. The predicted molar refractivity (Wildman–Crippen MR) is 100.0 cm³/mol.